The number of nitrogens with two attached hydrogens (primary N) is 1. The van der Waals surface area contributed by atoms with Crippen molar-refractivity contribution in [2.75, 3.05) is 19.3 Å². The minimum atomic E-state index is 0.211. The van der Waals surface area contributed by atoms with Gasteiger partial charge in [0.2, 0.25) is 5.91 Å². The molecule has 1 atom stereocenters. The molecule has 0 aromatic carbocycles. The van der Waals surface area contributed by atoms with Crippen molar-refractivity contribution in [1.82, 2.24) is 5.32 Å². The Kier molecular flexibility index (Phi) is 7.22. The van der Waals surface area contributed by atoms with E-state index in [0.29, 0.717) is 23.0 Å². The Hall–Kier alpha value is -0.220. The zero-order valence-electron chi connectivity index (χ0n) is 12.7. The lowest BCUT2D eigenvalue weighted by Gasteiger charge is -2.40. The number of carbonyl (C=O) groups is 1. The Morgan fingerprint density at radius 2 is 2.05 bits per heavy atom. The van der Waals surface area contributed by atoms with Gasteiger partial charge in [0, 0.05) is 17.7 Å². The molecule has 0 spiro atoms. The molecule has 1 fully saturated rings. The van der Waals surface area contributed by atoms with Gasteiger partial charge in [-0.3, -0.25) is 4.79 Å². The molecule has 1 unspecified atom stereocenters. The van der Waals surface area contributed by atoms with Crippen LogP contribution in [0.3, 0.4) is 0 Å². The number of thioether (sulfide) groups is 1. The van der Waals surface area contributed by atoms with Crippen molar-refractivity contribution in [3.8, 4) is 0 Å². The highest BCUT2D eigenvalue weighted by atomic mass is 32.2. The quantitative estimate of drug-likeness (QED) is 0.685. The largest absolute Gasteiger partial charge is 0.355 e. The minimum absolute atomic E-state index is 0.211. The summed E-state index contributed by atoms with van der Waals surface area (Å²) >= 11 is 1.91. The number of amides is 1. The van der Waals surface area contributed by atoms with Gasteiger partial charge in [-0.25, -0.2) is 0 Å². The fraction of sp³-hybridized carbons (Fsp3) is 0.933. The van der Waals surface area contributed by atoms with Gasteiger partial charge in [0.15, 0.2) is 0 Å². The van der Waals surface area contributed by atoms with Gasteiger partial charge in [-0.2, -0.15) is 11.8 Å². The molecule has 19 heavy (non-hydrogen) atoms. The highest BCUT2D eigenvalue weighted by molar-refractivity contribution is 8.00. The van der Waals surface area contributed by atoms with Crippen LogP contribution in [0.4, 0.5) is 0 Å². The van der Waals surface area contributed by atoms with Gasteiger partial charge in [-0.05, 0) is 50.3 Å². The fourth-order valence-corrected chi connectivity index (χ4v) is 3.63. The molecule has 1 rings (SSSR count). The molecule has 0 radical (unpaired) electrons. The molecule has 112 valence electrons. The van der Waals surface area contributed by atoms with Crippen molar-refractivity contribution in [3.05, 3.63) is 0 Å². The second-order valence-electron chi connectivity index (χ2n) is 6.14. The zero-order valence-corrected chi connectivity index (χ0v) is 13.5. The van der Waals surface area contributed by atoms with Gasteiger partial charge in [0.05, 0.1) is 0 Å². The lowest BCUT2D eigenvalue weighted by Crippen LogP contribution is -2.45. The summed E-state index contributed by atoms with van der Waals surface area (Å²) in [4.78, 5) is 11.9. The van der Waals surface area contributed by atoms with Crippen LogP contribution in [0.25, 0.3) is 0 Å². The van der Waals surface area contributed by atoms with Crippen molar-refractivity contribution in [2.24, 2.45) is 17.6 Å². The number of hydrogen-bond donors (Lipinski definition) is 2. The summed E-state index contributed by atoms with van der Waals surface area (Å²) in [5.41, 5.74) is 5.63. The molecule has 0 aromatic heterocycles. The van der Waals surface area contributed by atoms with E-state index in [-0.39, 0.29) is 5.91 Å². The molecular weight excluding hydrogens is 256 g/mol. The van der Waals surface area contributed by atoms with Gasteiger partial charge in [0.1, 0.15) is 0 Å². The highest BCUT2D eigenvalue weighted by Gasteiger charge is 2.36. The van der Waals surface area contributed by atoms with E-state index in [4.69, 9.17) is 5.73 Å². The van der Waals surface area contributed by atoms with E-state index >= 15 is 0 Å². The average Bonchev–Trinajstić information content (AvgIpc) is 2.33. The van der Waals surface area contributed by atoms with Crippen LogP contribution >= 0.6 is 11.8 Å². The third-order valence-electron chi connectivity index (χ3n) is 4.53. The third-order valence-corrected chi connectivity index (χ3v) is 5.95. The van der Waals surface area contributed by atoms with Crippen molar-refractivity contribution < 1.29 is 4.79 Å². The molecule has 1 saturated carbocycles. The van der Waals surface area contributed by atoms with Gasteiger partial charge >= 0.3 is 0 Å². The first kappa shape index (κ1) is 16.8. The summed E-state index contributed by atoms with van der Waals surface area (Å²) in [6, 6.07) is 0. The van der Waals surface area contributed by atoms with Crippen molar-refractivity contribution in [3.63, 3.8) is 0 Å². The highest BCUT2D eigenvalue weighted by Crippen LogP contribution is 2.42. The predicted octanol–water partition coefficient (Wildman–Crippen LogP) is 2.79. The van der Waals surface area contributed by atoms with Gasteiger partial charge in [-0.1, -0.05) is 20.3 Å². The zero-order chi connectivity index (χ0) is 14.3. The monoisotopic (exact) mass is 286 g/mol. The van der Waals surface area contributed by atoms with Gasteiger partial charge < -0.3 is 11.1 Å². The standard InChI is InChI=1S/C15H30N2OS/c1-12(2)13(7-10-16)5-6-14(18)17-11-15(19-3)8-4-9-15/h12-13H,4-11,16H2,1-3H3,(H,17,18). The second kappa shape index (κ2) is 8.15. The van der Waals surface area contributed by atoms with Crippen LogP contribution in [-0.4, -0.2) is 30.0 Å². The predicted molar refractivity (Wildman–Crippen MR) is 84.3 cm³/mol. The second-order valence-corrected chi connectivity index (χ2v) is 7.41. The van der Waals surface area contributed by atoms with E-state index in [1.807, 2.05) is 11.8 Å². The normalized spacial score (nSPS) is 19.0. The van der Waals surface area contributed by atoms with Crippen LogP contribution in [0.5, 0.6) is 0 Å². The van der Waals surface area contributed by atoms with Crippen LogP contribution in [0.1, 0.15) is 52.4 Å². The molecule has 3 N–H and O–H groups in total. The first-order valence-electron chi connectivity index (χ1n) is 7.55. The van der Waals surface area contributed by atoms with Crippen molar-refractivity contribution in [1.29, 1.82) is 0 Å². The molecule has 1 amide bonds. The SMILES string of the molecule is CSC1(CNC(=O)CCC(CCN)C(C)C)CCC1. The van der Waals surface area contributed by atoms with E-state index in [2.05, 4.69) is 25.4 Å². The van der Waals surface area contributed by atoms with Crippen LogP contribution in [0, 0.1) is 11.8 Å². The molecule has 4 heteroatoms. The molecule has 0 bridgehead atoms. The number of rotatable bonds is 9. The lowest BCUT2D eigenvalue weighted by atomic mass is 9.84. The Balaban J connectivity index is 2.23. The van der Waals surface area contributed by atoms with Gasteiger partial charge in [0.25, 0.3) is 0 Å². The number of carbonyl (C=O) groups excluding carboxylic acids is 1. The first-order valence-corrected chi connectivity index (χ1v) is 8.77. The Bertz CT molecular complexity index is 272. The smallest absolute Gasteiger partial charge is 0.220 e. The van der Waals surface area contributed by atoms with Crippen molar-refractivity contribution >= 4 is 17.7 Å². The van der Waals surface area contributed by atoms with Crippen LogP contribution in [0.15, 0.2) is 0 Å². The summed E-state index contributed by atoms with van der Waals surface area (Å²) in [6.45, 7) is 6.00. The molecule has 0 heterocycles. The number of nitrogens with one attached hydrogen (secondary N) is 1. The fourth-order valence-electron chi connectivity index (χ4n) is 2.71. The molecule has 0 saturated heterocycles. The van der Waals surface area contributed by atoms with E-state index in [1.54, 1.807) is 0 Å². The molecule has 1 aliphatic rings. The molecule has 3 nitrogen and oxygen atoms in total. The van der Waals surface area contributed by atoms with E-state index < -0.39 is 0 Å². The van der Waals surface area contributed by atoms with Crippen molar-refractivity contribution in [2.45, 2.75) is 57.1 Å². The molecule has 0 aliphatic heterocycles. The van der Waals surface area contributed by atoms with Crippen LogP contribution in [-0.2, 0) is 4.79 Å². The van der Waals surface area contributed by atoms with E-state index in [1.165, 1.54) is 19.3 Å². The van der Waals surface area contributed by atoms with E-state index in [9.17, 15) is 4.79 Å². The summed E-state index contributed by atoms with van der Waals surface area (Å²) in [5, 5.41) is 3.12. The maximum atomic E-state index is 11.9. The lowest BCUT2D eigenvalue weighted by molar-refractivity contribution is -0.121. The summed E-state index contributed by atoms with van der Waals surface area (Å²) in [7, 11) is 0. The van der Waals surface area contributed by atoms with Crippen LogP contribution in [0.2, 0.25) is 0 Å². The first-order chi connectivity index (χ1) is 9.03. The van der Waals surface area contributed by atoms with E-state index in [0.717, 1.165) is 25.9 Å². The summed E-state index contributed by atoms with van der Waals surface area (Å²) in [5.74, 6) is 1.40. The average molecular weight is 286 g/mol. The maximum Gasteiger partial charge on any atom is 0.220 e. The Morgan fingerprint density at radius 3 is 2.47 bits per heavy atom. The molecule has 0 aromatic rings. The Morgan fingerprint density at radius 1 is 1.37 bits per heavy atom. The number of hydrogen-bond acceptors (Lipinski definition) is 3. The molecule has 1 aliphatic carbocycles. The minimum Gasteiger partial charge on any atom is -0.355 e. The molecular formula is C15H30N2OS. The summed E-state index contributed by atoms with van der Waals surface area (Å²) in [6.07, 6.45) is 8.59. The maximum absolute atomic E-state index is 11.9. The van der Waals surface area contributed by atoms with Gasteiger partial charge in [-0.15, -0.1) is 0 Å². The summed E-state index contributed by atoms with van der Waals surface area (Å²) < 4.78 is 0.338. The van der Waals surface area contributed by atoms with Crippen LogP contribution < -0.4 is 11.1 Å². The topological polar surface area (TPSA) is 55.1 Å². The third kappa shape index (κ3) is 5.35. The Labute approximate surface area is 122 Å².